The standard InChI is InChI=1S/C15H20O6/c1-14-9(13(18)20-3)8(12(17)19-2)10(21-14)11(16)15(14)6-4-5-7-15/h8-10H,4-7H2,1-3H3/t8-,9-,10-,14+/m1/s1. The number of hydrogen-bond donors (Lipinski definition) is 0. The van der Waals surface area contributed by atoms with Crippen molar-refractivity contribution in [2.75, 3.05) is 14.2 Å². The summed E-state index contributed by atoms with van der Waals surface area (Å²) in [5, 5.41) is 0. The van der Waals surface area contributed by atoms with Crippen LogP contribution in [0, 0.1) is 17.3 Å². The molecule has 2 bridgehead atoms. The van der Waals surface area contributed by atoms with Crippen LogP contribution in [0.15, 0.2) is 0 Å². The van der Waals surface area contributed by atoms with Crippen LogP contribution in [0.1, 0.15) is 32.6 Å². The first kappa shape index (κ1) is 14.5. The van der Waals surface area contributed by atoms with Crippen LogP contribution in [0.2, 0.25) is 0 Å². The first-order valence-corrected chi connectivity index (χ1v) is 7.31. The molecule has 116 valence electrons. The Morgan fingerprint density at radius 2 is 1.71 bits per heavy atom. The highest BCUT2D eigenvalue weighted by Crippen LogP contribution is 2.64. The van der Waals surface area contributed by atoms with E-state index in [4.69, 9.17) is 14.2 Å². The molecule has 0 aromatic heterocycles. The number of carbonyl (C=O) groups excluding carboxylic acids is 3. The van der Waals surface area contributed by atoms with Crippen LogP contribution in [0.25, 0.3) is 0 Å². The minimum absolute atomic E-state index is 0.0435. The monoisotopic (exact) mass is 296 g/mol. The number of fused-ring (bicyclic) bond motifs is 3. The third kappa shape index (κ3) is 1.54. The minimum atomic E-state index is -0.975. The van der Waals surface area contributed by atoms with E-state index in [9.17, 15) is 14.4 Å². The van der Waals surface area contributed by atoms with Gasteiger partial charge in [-0.15, -0.1) is 0 Å². The molecule has 0 radical (unpaired) electrons. The Morgan fingerprint density at radius 3 is 2.24 bits per heavy atom. The van der Waals surface area contributed by atoms with Gasteiger partial charge in [0.15, 0.2) is 5.78 Å². The molecule has 1 spiro atoms. The summed E-state index contributed by atoms with van der Waals surface area (Å²) in [5.74, 6) is -2.81. The van der Waals surface area contributed by atoms with E-state index in [0.29, 0.717) is 12.8 Å². The number of esters is 2. The van der Waals surface area contributed by atoms with E-state index in [1.54, 1.807) is 6.92 Å². The molecule has 0 N–H and O–H groups in total. The Bertz CT molecular complexity index is 506. The zero-order valence-corrected chi connectivity index (χ0v) is 12.5. The van der Waals surface area contributed by atoms with Crippen molar-refractivity contribution < 1.29 is 28.6 Å². The number of ketones is 1. The van der Waals surface area contributed by atoms with Crippen molar-refractivity contribution in [2.45, 2.75) is 44.3 Å². The summed E-state index contributed by atoms with van der Waals surface area (Å²) in [6.45, 7) is 1.78. The van der Waals surface area contributed by atoms with Crippen molar-refractivity contribution in [2.24, 2.45) is 17.3 Å². The maximum Gasteiger partial charge on any atom is 0.312 e. The number of hydrogen-bond acceptors (Lipinski definition) is 6. The third-order valence-corrected chi connectivity index (χ3v) is 5.72. The second-order valence-electron chi connectivity index (χ2n) is 6.35. The topological polar surface area (TPSA) is 78.9 Å². The van der Waals surface area contributed by atoms with Gasteiger partial charge in [0.1, 0.15) is 17.9 Å². The van der Waals surface area contributed by atoms with E-state index >= 15 is 0 Å². The summed E-state index contributed by atoms with van der Waals surface area (Å²) in [6.07, 6.45) is 2.41. The van der Waals surface area contributed by atoms with Gasteiger partial charge in [0.25, 0.3) is 0 Å². The van der Waals surface area contributed by atoms with Gasteiger partial charge < -0.3 is 14.2 Å². The number of carbonyl (C=O) groups is 3. The molecule has 0 unspecified atom stereocenters. The second kappa shape index (κ2) is 4.53. The van der Waals surface area contributed by atoms with Crippen LogP contribution in [0.3, 0.4) is 0 Å². The van der Waals surface area contributed by atoms with Gasteiger partial charge in [-0.25, -0.2) is 0 Å². The zero-order chi connectivity index (χ0) is 15.4. The molecule has 0 amide bonds. The third-order valence-electron chi connectivity index (χ3n) is 5.72. The SMILES string of the molecule is COC(=O)[C@H]1[C@H]2O[C@@](C)([C@H]1C(=O)OC)C1(CCCC1)C2=O. The number of ether oxygens (including phenoxy) is 3. The summed E-state index contributed by atoms with van der Waals surface area (Å²) in [4.78, 5) is 37.1. The quantitative estimate of drug-likeness (QED) is 0.703. The Morgan fingerprint density at radius 1 is 1.14 bits per heavy atom. The van der Waals surface area contributed by atoms with Crippen LogP contribution in [0.5, 0.6) is 0 Å². The Balaban J connectivity index is 2.09. The predicted octanol–water partition coefficient (Wildman–Crippen LogP) is 0.865. The summed E-state index contributed by atoms with van der Waals surface area (Å²) in [5.41, 5.74) is -1.63. The minimum Gasteiger partial charge on any atom is -0.469 e. The molecule has 2 heterocycles. The second-order valence-corrected chi connectivity index (χ2v) is 6.35. The van der Waals surface area contributed by atoms with Crippen molar-refractivity contribution in [3.63, 3.8) is 0 Å². The first-order valence-electron chi connectivity index (χ1n) is 7.31. The zero-order valence-electron chi connectivity index (χ0n) is 12.5. The fourth-order valence-electron chi connectivity index (χ4n) is 4.69. The molecular weight excluding hydrogens is 276 g/mol. The van der Waals surface area contributed by atoms with Crippen molar-refractivity contribution >= 4 is 17.7 Å². The molecule has 3 rings (SSSR count). The maximum absolute atomic E-state index is 12.8. The molecule has 2 saturated heterocycles. The lowest BCUT2D eigenvalue weighted by atomic mass is 9.56. The van der Waals surface area contributed by atoms with Crippen molar-refractivity contribution in [1.82, 2.24) is 0 Å². The van der Waals surface area contributed by atoms with Crippen LogP contribution >= 0.6 is 0 Å². The van der Waals surface area contributed by atoms with Gasteiger partial charge in [-0.2, -0.15) is 0 Å². The molecule has 0 aromatic rings. The van der Waals surface area contributed by atoms with Crippen LogP contribution in [-0.4, -0.2) is 43.6 Å². The molecule has 6 heteroatoms. The lowest BCUT2D eigenvalue weighted by molar-refractivity contribution is -0.167. The van der Waals surface area contributed by atoms with Crippen molar-refractivity contribution in [3.05, 3.63) is 0 Å². The van der Waals surface area contributed by atoms with Gasteiger partial charge >= 0.3 is 11.9 Å². The Hall–Kier alpha value is -1.43. The number of methoxy groups -OCH3 is 2. The Labute approximate surface area is 123 Å². The molecule has 21 heavy (non-hydrogen) atoms. The van der Waals surface area contributed by atoms with E-state index in [2.05, 4.69) is 0 Å². The largest absolute Gasteiger partial charge is 0.469 e. The molecule has 1 saturated carbocycles. The average molecular weight is 296 g/mol. The molecule has 3 aliphatic rings. The lowest BCUT2D eigenvalue weighted by Gasteiger charge is -2.43. The van der Waals surface area contributed by atoms with Gasteiger partial charge in [0.05, 0.1) is 25.2 Å². The van der Waals surface area contributed by atoms with E-state index in [1.165, 1.54) is 14.2 Å². The molecule has 3 fully saturated rings. The highest BCUT2D eigenvalue weighted by atomic mass is 16.6. The fraction of sp³-hybridized carbons (Fsp3) is 0.800. The smallest absolute Gasteiger partial charge is 0.312 e. The molecule has 4 atom stereocenters. The van der Waals surface area contributed by atoms with Crippen molar-refractivity contribution in [3.8, 4) is 0 Å². The van der Waals surface area contributed by atoms with Crippen LogP contribution < -0.4 is 0 Å². The van der Waals surface area contributed by atoms with E-state index < -0.39 is 40.9 Å². The molecule has 1 aliphatic carbocycles. The summed E-state index contributed by atoms with van der Waals surface area (Å²) >= 11 is 0. The van der Waals surface area contributed by atoms with E-state index in [1.807, 2.05) is 0 Å². The highest BCUT2D eigenvalue weighted by molar-refractivity contribution is 6.01. The first-order chi connectivity index (χ1) is 9.93. The molecular formula is C15H20O6. The van der Waals surface area contributed by atoms with Gasteiger partial charge in [0, 0.05) is 0 Å². The number of rotatable bonds is 2. The lowest BCUT2D eigenvalue weighted by Crippen LogP contribution is -2.58. The van der Waals surface area contributed by atoms with Crippen molar-refractivity contribution in [1.29, 1.82) is 0 Å². The predicted molar refractivity (Wildman–Crippen MR) is 70.2 cm³/mol. The summed E-state index contributed by atoms with van der Waals surface area (Å²) in [6, 6.07) is 0. The average Bonchev–Trinajstić information content (AvgIpc) is 3.13. The molecule has 2 aliphatic heterocycles. The van der Waals surface area contributed by atoms with Gasteiger partial charge in [-0.3, -0.25) is 14.4 Å². The summed E-state index contributed by atoms with van der Waals surface area (Å²) in [7, 11) is 2.54. The van der Waals surface area contributed by atoms with Crippen LogP contribution in [-0.2, 0) is 28.6 Å². The fourth-order valence-corrected chi connectivity index (χ4v) is 4.69. The van der Waals surface area contributed by atoms with E-state index in [0.717, 1.165) is 12.8 Å². The Kier molecular flexibility index (Phi) is 3.13. The number of Topliss-reactive ketones (excluding diaryl/α,β-unsaturated/α-hetero) is 1. The highest BCUT2D eigenvalue weighted by Gasteiger charge is 2.77. The van der Waals surface area contributed by atoms with E-state index in [-0.39, 0.29) is 5.78 Å². The van der Waals surface area contributed by atoms with Gasteiger partial charge in [0.2, 0.25) is 0 Å². The van der Waals surface area contributed by atoms with Gasteiger partial charge in [-0.1, -0.05) is 12.8 Å². The molecule has 6 nitrogen and oxygen atoms in total. The van der Waals surface area contributed by atoms with Crippen LogP contribution in [0.4, 0.5) is 0 Å². The maximum atomic E-state index is 12.8. The molecule has 0 aromatic carbocycles. The van der Waals surface area contributed by atoms with Gasteiger partial charge in [-0.05, 0) is 19.8 Å². The summed E-state index contributed by atoms with van der Waals surface area (Å²) < 4.78 is 15.6. The normalized spacial score (nSPS) is 39.8.